The van der Waals surface area contributed by atoms with E-state index in [1.54, 1.807) is 0 Å². The summed E-state index contributed by atoms with van der Waals surface area (Å²) in [5.41, 5.74) is -1.60. The van der Waals surface area contributed by atoms with Crippen molar-refractivity contribution < 1.29 is 33.3 Å². The zero-order valence-electron chi connectivity index (χ0n) is 25.3. The first-order valence-electron chi connectivity index (χ1n) is 14.1. The number of carbonyl (C=O) groups excluding carboxylic acids is 1. The third-order valence-corrected chi connectivity index (χ3v) is 5.06. The van der Waals surface area contributed by atoms with E-state index < -0.39 is 67.1 Å². The van der Waals surface area contributed by atoms with Gasteiger partial charge in [0.1, 0.15) is 6.33 Å². The van der Waals surface area contributed by atoms with Gasteiger partial charge in [-0.2, -0.15) is 4.98 Å². The molecule has 1 aromatic heterocycles. The van der Waals surface area contributed by atoms with E-state index in [9.17, 15) is 22.4 Å². The second kappa shape index (κ2) is 8.96. The molecule has 2 aliphatic rings. The summed E-state index contributed by atoms with van der Waals surface area (Å²) < 4.78 is 124. The van der Waals surface area contributed by atoms with E-state index in [1.165, 1.54) is 6.07 Å². The Bertz CT molecular complexity index is 1520. The van der Waals surface area contributed by atoms with Crippen molar-refractivity contribution in [3.8, 4) is 5.69 Å². The normalized spacial score (nSPS) is 25.7. The maximum atomic E-state index is 13.9. The molecule has 11 heteroatoms. The molecule has 2 fully saturated rings. The van der Waals surface area contributed by atoms with Gasteiger partial charge in [0.05, 0.1) is 16.7 Å². The van der Waals surface area contributed by atoms with E-state index in [-0.39, 0.29) is 27.1 Å². The first-order chi connectivity index (χ1) is 19.4. The van der Waals surface area contributed by atoms with E-state index in [4.69, 9.17) is 11.0 Å². The fraction of sp³-hybridized carbons (Fsp3) is 0.348. The molecule has 1 N–H and O–H groups in total. The molecule has 5 rings (SSSR count). The van der Waals surface area contributed by atoms with Crippen LogP contribution in [0.5, 0.6) is 0 Å². The Morgan fingerprint density at radius 2 is 1.79 bits per heavy atom. The van der Waals surface area contributed by atoms with Crippen LogP contribution in [0.25, 0.3) is 5.69 Å². The smallest absolute Gasteiger partial charge is 0.263 e. The van der Waals surface area contributed by atoms with Crippen molar-refractivity contribution in [1.82, 2.24) is 19.7 Å². The number of benzene rings is 2. The topological polar surface area (TPSA) is 66.3 Å². The number of amides is 1. The summed E-state index contributed by atoms with van der Waals surface area (Å²) in [6.07, 6.45) is -1.46. The zero-order valence-corrected chi connectivity index (χ0v) is 17.3. The Balaban J connectivity index is 1.56. The van der Waals surface area contributed by atoms with E-state index >= 15 is 0 Å². The van der Waals surface area contributed by atoms with Crippen molar-refractivity contribution in [2.75, 3.05) is 36.2 Å². The predicted molar refractivity (Wildman–Crippen MR) is 117 cm³/mol. The monoisotopic (exact) mass is 482 g/mol. The standard InChI is InChI=1S/C23H22F4N6O/c24-19-4-3-17(12-20(19)25)33-13-28-23(30-33)29-16-9-15(21(26)27)10-18(11-16)31-5-7-32(8-6-31)22(34)14-1-2-14/h3-4,9-14,21H,1-2,5-8H2,(H,29,30)/i5D2,6D2,7D2,8D2. The predicted octanol–water partition coefficient (Wildman–Crippen LogP) is 4.29. The lowest BCUT2D eigenvalue weighted by Gasteiger charge is -2.36. The number of anilines is 3. The van der Waals surface area contributed by atoms with E-state index in [0.29, 0.717) is 18.9 Å². The van der Waals surface area contributed by atoms with Crippen LogP contribution in [0.1, 0.15) is 35.8 Å². The van der Waals surface area contributed by atoms with Crippen molar-refractivity contribution in [3.05, 3.63) is 59.9 Å². The highest BCUT2D eigenvalue weighted by atomic mass is 19.3. The molecule has 0 unspecified atom stereocenters. The molecule has 0 radical (unpaired) electrons. The van der Waals surface area contributed by atoms with Crippen LogP contribution >= 0.6 is 0 Å². The third kappa shape index (κ3) is 4.68. The maximum absolute atomic E-state index is 13.9. The van der Waals surface area contributed by atoms with Gasteiger partial charge >= 0.3 is 0 Å². The summed E-state index contributed by atoms with van der Waals surface area (Å²) >= 11 is 0. The minimum Gasteiger partial charge on any atom is -0.368 e. The molecule has 2 heterocycles. The summed E-state index contributed by atoms with van der Waals surface area (Å²) in [5, 5.41) is 6.58. The third-order valence-electron chi connectivity index (χ3n) is 5.06. The van der Waals surface area contributed by atoms with Crippen LogP contribution in [0.3, 0.4) is 0 Å². The number of carbonyl (C=O) groups is 1. The zero-order chi connectivity index (χ0) is 31.0. The molecular formula is C23H22F4N6O. The van der Waals surface area contributed by atoms with Crippen molar-refractivity contribution in [1.29, 1.82) is 0 Å². The quantitative estimate of drug-likeness (QED) is 0.531. The van der Waals surface area contributed by atoms with Gasteiger partial charge in [0.15, 0.2) is 11.6 Å². The lowest BCUT2D eigenvalue weighted by atomic mass is 10.1. The largest absolute Gasteiger partial charge is 0.368 e. The number of alkyl halides is 2. The number of nitrogens with one attached hydrogen (secondary N) is 1. The minimum atomic E-state index is -3.46. The SMILES string of the molecule is [2H]C1([2H])N(C(=O)C2CC2)C([2H])([2H])C([2H])([2H])N(c2cc(Nc3ncn(-c4ccc(F)c(F)c4)n3)cc(C(F)F)c2)C1([2H])[2H]. The molecule has 1 aliphatic heterocycles. The number of aromatic nitrogens is 3. The molecule has 0 atom stereocenters. The van der Waals surface area contributed by atoms with Crippen molar-refractivity contribution in [3.63, 3.8) is 0 Å². The fourth-order valence-corrected chi connectivity index (χ4v) is 3.17. The summed E-state index contributed by atoms with van der Waals surface area (Å²) in [6, 6.07) is 5.45. The summed E-state index contributed by atoms with van der Waals surface area (Å²) in [6.45, 7) is -13.8. The molecule has 34 heavy (non-hydrogen) atoms. The first kappa shape index (κ1) is 14.6. The Hall–Kier alpha value is -3.63. The Morgan fingerprint density at radius 3 is 2.47 bits per heavy atom. The van der Waals surface area contributed by atoms with Gasteiger partial charge in [-0.25, -0.2) is 22.2 Å². The Labute approximate surface area is 204 Å². The molecule has 3 aromatic rings. The molecule has 1 aliphatic carbocycles. The van der Waals surface area contributed by atoms with E-state index in [0.717, 1.165) is 35.3 Å². The number of rotatable bonds is 6. The molecule has 7 nitrogen and oxygen atoms in total. The van der Waals surface area contributed by atoms with Crippen molar-refractivity contribution >= 4 is 23.2 Å². The highest BCUT2D eigenvalue weighted by Gasteiger charge is 2.34. The number of nitrogens with zero attached hydrogens (tertiary/aromatic N) is 5. The van der Waals surface area contributed by atoms with Crippen LogP contribution in [0.15, 0.2) is 42.7 Å². The van der Waals surface area contributed by atoms with Crippen molar-refractivity contribution in [2.45, 2.75) is 19.3 Å². The molecule has 1 saturated heterocycles. The first-order valence-corrected chi connectivity index (χ1v) is 10.1. The molecule has 1 amide bonds. The second-order valence-corrected chi connectivity index (χ2v) is 7.58. The van der Waals surface area contributed by atoms with Gasteiger partial charge in [-0.3, -0.25) is 4.79 Å². The van der Waals surface area contributed by atoms with Gasteiger partial charge in [0.2, 0.25) is 11.9 Å². The van der Waals surface area contributed by atoms with Gasteiger partial charge in [-0.05, 0) is 43.2 Å². The number of hydrogen-bond acceptors (Lipinski definition) is 5. The molecule has 0 bridgehead atoms. The minimum absolute atomic E-state index is 0.0564. The fourth-order valence-electron chi connectivity index (χ4n) is 3.17. The van der Waals surface area contributed by atoms with Gasteiger partial charge in [-0.15, -0.1) is 5.10 Å². The van der Waals surface area contributed by atoms with Crippen LogP contribution in [0, 0.1) is 17.6 Å². The number of piperazine rings is 1. The number of hydrogen-bond donors (Lipinski definition) is 1. The average Bonchev–Trinajstić information content (AvgIpc) is 3.63. The van der Waals surface area contributed by atoms with Crippen molar-refractivity contribution in [2.24, 2.45) is 5.92 Å². The molecular weight excluding hydrogens is 452 g/mol. The summed E-state index contributed by atoms with van der Waals surface area (Å²) in [5.74, 6) is -4.38. The average molecular weight is 483 g/mol. The van der Waals surface area contributed by atoms with E-state index in [2.05, 4.69) is 15.4 Å². The number of halogens is 4. The van der Waals surface area contributed by atoms with Crippen LogP contribution < -0.4 is 10.2 Å². The van der Waals surface area contributed by atoms with Crippen LogP contribution in [0.4, 0.5) is 34.9 Å². The van der Waals surface area contributed by atoms with Gasteiger partial charge < -0.3 is 15.1 Å². The highest BCUT2D eigenvalue weighted by Crippen LogP contribution is 2.33. The van der Waals surface area contributed by atoms with Crippen LogP contribution in [-0.4, -0.2) is 51.6 Å². The highest BCUT2D eigenvalue weighted by molar-refractivity contribution is 5.81. The second-order valence-electron chi connectivity index (χ2n) is 7.58. The lowest BCUT2D eigenvalue weighted by Crippen LogP contribution is -2.49. The van der Waals surface area contributed by atoms with Gasteiger partial charge in [0.25, 0.3) is 6.43 Å². The lowest BCUT2D eigenvalue weighted by molar-refractivity contribution is -0.132. The molecule has 2 aromatic carbocycles. The molecule has 1 saturated carbocycles. The summed E-state index contributed by atoms with van der Waals surface area (Å²) in [4.78, 5) is 16.8. The van der Waals surface area contributed by atoms with Gasteiger partial charge in [0, 0.05) is 54.9 Å². The maximum Gasteiger partial charge on any atom is 0.263 e. The Kier molecular flexibility index (Phi) is 3.84. The van der Waals surface area contributed by atoms with E-state index in [1.807, 2.05) is 0 Å². The van der Waals surface area contributed by atoms with Crippen LogP contribution in [-0.2, 0) is 4.79 Å². The molecule has 0 spiro atoms. The Morgan fingerprint density at radius 1 is 1.03 bits per heavy atom. The van der Waals surface area contributed by atoms with Crippen LogP contribution in [0.2, 0.25) is 0 Å². The summed E-state index contributed by atoms with van der Waals surface area (Å²) in [7, 11) is 0. The molecule has 178 valence electrons. The van der Waals surface area contributed by atoms with Gasteiger partial charge in [-0.1, -0.05) is 0 Å².